The van der Waals surface area contributed by atoms with Crippen molar-refractivity contribution in [1.29, 1.82) is 0 Å². The topological polar surface area (TPSA) is 38.0 Å². The van der Waals surface area contributed by atoms with E-state index in [0.29, 0.717) is 22.7 Å². The Morgan fingerprint density at radius 2 is 1.95 bits per heavy atom. The summed E-state index contributed by atoms with van der Waals surface area (Å²) in [4.78, 5) is 0. The van der Waals surface area contributed by atoms with E-state index in [1.54, 1.807) is 24.3 Å². The highest BCUT2D eigenvalue weighted by Crippen LogP contribution is 2.13. The van der Waals surface area contributed by atoms with Crippen molar-refractivity contribution in [3.63, 3.8) is 0 Å². The Balaban J connectivity index is 0.00000172. The molecule has 0 unspecified atom stereocenters. The van der Waals surface area contributed by atoms with Crippen LogP contribution >= 0.6 is 0 Å². The number of allylic oxidation sites excluding steroid dienone is 3. The van der Waals surface area contributed by atoms with Gasteiger partial charge in [-0.25, -0.2) is 4.39 Å². The van der Waals surface area contributed by atoms with E-state index in [2.05, 4.69) is 18.5 Å². The molecule has 0 heterocycles. The van der Waals surface area contributed by atoms with E-state index < -0.39 is 0 Å². The SMILES string of the molecule is C=C(/C=C(\N)C(=C)/C=C\C)Nc1cccc(F)c1.CC. The summed E-state index contributed by atoms with van der Waals surface area (Å²) in [5.41, 5.74) is 8.25. The summed E-state index contributed by atoms with van der Waals surface area (Å²) in [7, 11) is 0. The van der Waals surface area contributed by atoms with E-state index >= 15 is 0 Å². The van der Waals surface area contributed by atoms with Crippen LogP contribution in [0.2, 0.25) is 0 Å². The largest absolute Gasteiger partial charge is 0.398 e. The average molecular weight is 274 g/mol. The summed E-state index contributed by atoms with van der Waals surface area (Å²) in [6.07, 6.45) is 5.32. The second kappa shape index (κ2) is 9.62. The summed E-state index contributed by atoms with van der Waals surface area (Å²) in [6, 6.07) is 6.14. The molecule has 0 amide bonds. The second-order valence-corrected chi connectivity index (χ2v) is 3.79. The van der Waals surface area contributed by atoms with Crippen molar-refractivity contribution >= 4 is 5.69 Å². The highest BCUT2D eigenvalue weighted by Gasteiger charge is 1.98. The highest BCUT2D eigenvalue weighted by molar-refractivity contribution is 5.52. The van der Waals surface area contributed by atoms with Gasteiger partial charge >= 0.3 is 0 Å². The minimum absolute atomic E-state index is 0.303. The number of nitrogens with one attached hydrogen (secondary N) is 1. The van der Waals surface area contributed by atoms with E-state index in [4.69, 9.17) is 5.73 Å². The molecule has 108 valence electrons. The average Bonchev–Trinajstić information content (AvgIpc) is 2.41. The molecule has 0 spiro atoms. The lowest BCUT2D eigenvalue weighted by Gasteiger charge is -2.07. The Morgan fingerprint density at radius 1 is 1.30 bits per heavy atom. The summed E-state index contributed by atoms with van der Waals surface area (Å²) < 4.78 is 13.0. The minimum atomic E-state index is -0.303. The van der Waals surface area contributed by atoms with Gasteiger partial charge in [-0.1, -0.05) is 45.2 Å². The lowest BCUT2D eigenvalue weighted by molar-refractivity contribution is 0.628. The maximum Gasteiger partial charge on any atom is 0.125 e. The molecule has 0 radical (unpaired) electrons. The molecule has 0 aliphatic heterocycles. The van der Waals surface area contributed by atoms with Crippen LogP contribution in [0.4, 0.5) is 10.1 Å². The zero-order valence-corrected chi connectivity index (χ0v) is 12.4. The number of nitrogens with two attached hydrogens (primary N) is 1. The predicted octanol–water partition coefficient (Wildman–Crippen LogP) is 4.75. The first-order valence-electron chi connectivity index (χ1n) is 6.53. The lowest BCUT2D eigenvalue weighted by Crippen LogP contribution is -2.03. The molecule has 0 aliphatic carbocycles. The molecule has 0 fully saturated rings. The fourth-order valence-corrected chi connectivity index (χ4v) is 1.37. The van der Waals surface area contributed by atoms with Crippen LogP contribution in [0.1, 0.15) is 20.8 Å². The molecule has 2 nitrogen and oxygen atoms in total. The summed E-state index contributed by atoms with van der Waals surface area (Å²) in [5, 5.41) is 2.95. The molecule has 0 saturated carbocycles. The number of anilines is 1. The summed E-state index contributed by atoms with van der Waals surface area (Å²) in [5.74, 6) is -0.303. The molecule has 1 rings (SSSR count). The van der Waals surface area contributed by atoms with Crippen LogP contribution in [0.15, 0.2) is 72.6 Å². The molecule has 0 atom stereocenters. The van der Waals surface area contributed by atoms with Crippen molar-refractivity contribution in [2.45, 2.75) is 20.8 Å². The Kier molecular flexibility index (Phi) is 8.51. The molecule has 1 aromatic rings. The van der Waals surface area contributed by atoms with Crippen molar-refractivity contribution < 1.29 is 4.39 Å². The van der Waals surface area contributed by atoms with Gasteiger partial charge in [0.05, 0.1) is 0 Å². The molecule has 3 N–H and O–H groups in total. The fraction of sp³-hybridized carbons (Fsp3) is 0.176. The first-order valence-corrected chi connectivity index (χ1v) is 6.53. The molecule has 20 heavy (non-hydrogen) atoms. The zero-order valence-electron chi connectivity index (χ0n) is 12.4. The smallest absolute Gasteiger partial charge is 0.125 e. The number of benzene rings is 1. The lowest BCUT2D eigenvalue weighted by atomic mass is 10.2. The first kappa shape index (κ1) is 17.7. The third-order valence-electron chi connectivity index (χ3n) is 2.20. The molecule has 3 heteroatoms. The normalized spacial score (nSPS) is 10.7. The van der Waals surface area contributed by atoms with Gasteiger partial charge in [0.15, 0.2) is 0 Å². The molecular weight excluding hydrogens is 251 g/mol. The number of halogens is 1. The van der Waals surface area contributed by atoms with Gasteiger partial charge in [-0.2, -0.15) is 0 Å². The van der Waals surface area contributed by atoms with E-state index in [0.717, 1.165) is 0 Å². The Hall–Kier alpha value is -2.29. The van der Waals surface area contributed by atoms with Gasteiger partial charge in [-0.3, -0.25) is 0 Å². The van der Waals surface area contributed by atoms with Crippen LogP contribution in [0, 0.1) is 5.82 Å². The zero-order chi connectivity index (χ0) is 15.5. The van der Waals surface area contributed by atoms with Crippen molar-refractivity contribution in [1.82, 2.24) is 0 Å². The number of rotatable bonds is 5. The van der Waals surface area contributed by atoms with Gasteiger partial charge < -0.3 is 11.1 Å². The van der Waals surface area contributed by atoms with Gasteiger partial charge in [-0.15, -0.1) is 0 Å². The first-order chi connectivity index (χ1) is 9.52. The molecule has 0 aliphatic rings. The molecular formula is C17H23FN2. The highest BCUT2D eigenvalue weighted by atomic mass is 19.1. The van der Waals surface area contributed by atoms with Crippen LogP contribution < -0.4 is 11.1 Å². The van der Waals surface area contributed by atoms with Crippen molar-refractivity contribution in [2.24, 2.45) is 5.73 Å². The Labute approximate surface area is 121 Å². The minimum Gasteiger partial charge on any atom is -0.398 e. The molecule has 1 aromatic carbocycles. The van der Waals surface area contributed by atoms with Gasteiger partial charge in [0.25, 0.3) is 0 Å². The van der Waals surface area contributed by atoms with Crippen LogP contribution in [0.5, 0.6) is 0 Å². The summed E-state index contributed by atoms with van der Waals surface area (Å²) >= 11 is 0. The van der Waals surface area contributed by atoms with Crippen molar-refractivity contribution in [3.8, 4) is 0 Å². The molecule has 0 bridgehead atoms. The second-order valence-electron chi connectivity index (χ2n) is 3.79. The summed E-state index contributed by atoms with van der Waals surface area (Å²) in [6.45, 7) is 13.5. The van der Waals surface area contributed by atoms with Crippen LogP contribution in [-0.2, 0) is 0 Å². The monoisotopic (exact) mass is 274 g/mol. The van der Waals surface area contributed by atoms with Gasteiger partial charge in [0, 0.05) is 17.1 Å². The van der Waals surface area contributed by atoms with E-state index in [9.17, 15) is 4.39 Å². The Morgan fingerprint density at radius 3 is 2.50 bits per heavy atom. The standard InChI is InChI=1S/C15H17FN2.C2H6/c1-4-6-11(2)15(17)9-12(3)18-14-8-5-7-13(16)10-14;1-2/h4-10,18H,2-3,17H2,1H3;1-2H3/b6-4-,15-9-;. The predicted molar refractivity (Wildman–Crippen MR) is 86.7 cm³/mol. The quantitative estimate of drug-likeness (QED) is 0.760. The van der Waals surface area contributed by atoms with Gasteiger partial charge in [0.1, 0.15) is 5.82 Å². The Bertz CT molecular complexity index is 513. The van der Waals surface area contributed by atoms with Crippen molar-refractivity contribution in [2.75, 3.05) is 5.32 Å². The third kappa shape index (κ3) is 6.59. The fourth-order valence-electron chi connectivity index (χ4n) is 1.37. The maximum atomic E-state index is 13.0. The van der Waals surface area contributed by atoms with E-state index in [-0.39, 0.29) is 5.82 Å². The molecule has 0 aromatic heterocycles. The van der Waals surface area contributed by atoms with Gasteiger partial charge in [-0.05, 0) is 36.8 Å². The van der Waals surface area contributed by atoms with Crippen LogP contribution in [-0.4, -0.2) is 0 Å². The number of hydrogen-bond donors (Lipinski definition) is 2. The van der Waals surface area contributed by atoms with E-state index in [1.165, 1.54) is 12.1 Å². The van der Waals surface area contributed by atoms with E-state index in [1.807, 2.05) is 26.8 Å². The number of hydrogen-bond acceptors (Lipinski definition) is 2. The maximum absolute atomic E-state index is 13.0. The third-order valence-corrected chi connectivity index (χ3v) is 2.20. The van der Waals surface area contributed by atoms with Crippen LogP contribution in [0.25, 0.3) is 0 Å². The van der Waals surface area contributed by atoms with Gasteiger partial charge in [0.2, 0.25) is 0 Å². The van der Waals surface area contributed by atoms with Crippen LogP contribution in [0.3, 0.4) is 0 Å². The van der Waals surface area contributed by atoms with Crippen molar-refractivity contribution in [3.05, 3.63) is 78.4 Å². The molecule has 0 saturated heterocycles.